The zero-order chi connectivity index (χ0) is 13.9. The highest BCUT2D eigenvalue weighted by molar-refractivity contribution is 7.18. The fraction of sp³-hybridized carbons (Fsp3) is 0.688. The minimum atomic E-state index is 0.103. The maximum absolute atomic E-state index is 11.7. The molecule has 0 amide bonds. The number of carbonyl (C=O) groups excluding carboxylic acids is 1. The van der Waals surface area contributed by atoms with Crippen molar-refractivity contribution < 1.29 is 4.79 Å². The predicted molar refractivity (Wildman–Crippen MR) is 83.6 cm³/mol. The molecular weight excluding hydrogens is 268 g/mol. The number of Topliss-reactive ketones (excluding diaryl/α,β-unsaturated/α-hetero) is 1. The van der Waals surface area contributed by atoms with Gasteiger partial charge in [0.2, 0.25) is 0 Å². The molecule has 1 aromatic heterocycles. The Morgan fingerprint density at radius 3 is 2.55 bits per heavy atom. The van der Waals surface area contributed by atoms with Gasteiger partial charge < -0.3 is 11.1 Å². The number of carbonyl (C=O) groups is 1. The highest BCUT2D eigenvalue weighted by Gasteiger charge is 2.53. The lowest BCUT2D eigenvalue weighted by atomic mass is 10.0. The van der Waals surface area contributed by atoms with E-state index in [1.54, 1.807) is 18.3 Å². The third-order valence-corrected chi connectivity index (χ3v) is 6.51. The molecule has 20 heavy (non-hydrogen) atoms. The van der Waals surface area contributed by atoms with Crippen LogP contribution in [0.3, 0.4) is 0 Å². The lowest BCUT2D eigenvalue weighted by Gasteiger charge is -2.16. The van der Waals surface area contributed by atoms with Crippen LogP contribution in [0.1, 0.15) is 66.6 Å². The minimum absolute atomic E-state index is 0.103. The molecule has 0 bridgehead atoms. The quantitative estimate of drug-likeness (QED) is 0.778. The summed E-state index contributed by atoms with van der Waals surface area (Å²) in [4.78, 5) is 12.5. The van der Waals surface area contributed by atoms with Crippen LogP contribution in [0.4, 0.5) is 10.7 Å². The summed E-state index contributed by atoms with van der Waals surface area (Å²) in [5.41, 5.74) is 8.80. The van der Waals surface area contributed by atoms with Gasteiger partial charge in [0.05, 0.1) is 15.6 Å². The van der Waals surface area contributed by atoms with Crippen molar-refractivity contribution in [2.24, 2.45) is 11.3 Å². The average molecular weight is 290 g/mol. The number of thiophene rings is 1. The van der Waals surface area contributed by atoms with Crippen LogP contribution in [0.2, 0.25) is 0 Å². The molecule has 3 fully saturated rings. The zero-order valence-corrected chi connectivity index (χ0v) is 12.8. The normalized spacial score (nSPS) is 23.6. The molecule has 3 N–H and O–H groups in total. The first-order valence-corrected chi connectivity index (χ1v) is 8.59. The SMILES string of the molecule is CC(=O)c1sc(NCC2(C3CC3)CC2)c(C2CC2)c1N. The van der Waals surface area contributed by atoms with Crippen LogP contribution in [-0.4, -0.2) is 12.3 Å². The molecule has 0 spiro atoms. The summed E-state index contributed by atoms with van der Waals surface area (Å²) in [6.07, 6.45) is 8.04. The molecule has 4 rings (SSSR count). The second-order valence-corrected chi connectivity index (χ2v) is 7.93. The second kappa shape index (κ2) is 4.23. The first-order valence-electron chi connectivity index (χ1n) is 7.78. The number of hydrogen-bond donors (Lipinski definition) is 2. The Hall–Kier alpha value is -1.03. The van der Waals surface area contributed by atoms with Gasteiger partial charge in [0.1, 0.15) is 0 Å². The molecule has 1 heterocycles. The molecule has 0 atom stereocenters. The molecule has 3 saturated carbocycles. The van der Waals surface area contributed by atoms with Crippen molar-refractivity contribution in [1.29, 1.82) is 0 Å². The van der Waals surface area contributed by atoms with E-state index in [1.165, 1.54) is 49.1 Å². The van der Waals surface area contributed by atoms with Crippen LogP contribution >= 0.6 is 11.3 Å². The van der Waals surface area contributed by atoms with Crippen LogP contribution in [0.5, 0.6) is 0 Å². The predicted octanol–water partition coefficient (Wildman–Crippen LogP) is 4.01. The monoisotopic (exact) mass is 290 g/mol. The third kappa shape index (κ3) is 2.05. The van der Waals surface area contributed by atoms with Crippen LogP contribution < -0.4 is 11.1 Å². The minimum Gasteiger partial charge on any atom is -0.397 e. The van der Waals surface area contributed by atoms with E-state index in [9.17, 15) is 4.79 Å². The van der Waals surface area contributed by atoms with E-state index in [0.29, 0.717) is 11.3 Å². The number of hydrogen-bond acceptors (Lipinski definition) is 4. The van der Waals surface area contributed by atoms with E-state index in [0.717, 1.165) is 23.0 Å². The van der Waals surface area contributed by atoms with Gasteiger partial charge in [-0.25, -0.2) is 0 Å². The van der Waals surface area contributed by atoms with Gasteiger partial charge in [0, 0.05) is 19.0 Å². The summed E-state index contributed by atoms with van der Waals surface area (Å²) >= 11 is 1.58. The van der Waals surface area contributed by atoms with Gasteiger partial charge in [-0.1, -0.05) is 0 Å². The zero-order valence-electron chi connectivity index (χ0n) is 12.0. The van der Waals surface area contributed by atoms with E-state index in [1.807, 2.05) is 0 Å². The van der Waals surface area contributed by atoms with E-state index < -0.39 is 0 Å². The molecule has 3 aliphatic carbocycles. The lowest BCUT2D eigenvalue weighted by molar-refractivity contribution is 0.102. The van der Waals surface area contributed by atoms with E-state index in [-0.39, 0.29) is 5.78 Å². The van der Waals surface area contributed by atoms with Crippen LogP contribution in [0, 0.1) is 11.3 Å². The van der Waals surface area contributed by atoms with Crippen molar-refractivity contribution in [2.75, 3.05) is 17.6 Å². The average Bonchev–Trinajstić information content (AvgIpc) is 3.21. The Labute approximate surface area is 123 Å². The first-order chi connectivity index (χ1) is 9.61. The molecule has 0 radical (unpaired) electrons. The summed E-state index contributed by atoms with van der Waals surface area (Å²) in [6, 6.07) is 0. The molecule has 1 aromatic rings. The van der Waals surface area contributed by atoms with Gasteiger partial charge in [0.25, 0.3) is 0 Å². The Morgan fingerprint density at radius 2 is 2.05 bits per heavy atom. The highest BCUT2D eigenvalue weighted by Crippen LogP contribution is 2.61. The molecule has 0 saturated heterocycles. The molecule has 3 nitrogen and oxygen atoms in total. The largest absolute Gasteiger partial charge is 0.397 e. The van der Waals surface area contributed by atoms with Gasteiger partial charge >= 0.3 is 0 Å². The summed E-state index contributed by atoms with van der Waals surface area (Å²) in [6.45, 7) is 2.70. The fourth-order valence-electron chi connectivity index (χ4n) is 3.47. The molecule has 0 aromatic carbocycles. The Balaban J connectivity index is 1.57. The van der Waals surface area contributed by atoms with Gasteiger partial charge in [-0.15, -0.1) is 11.3 Å². The van der Waals surface area contributed by atoms with Crippen LogP contribution in [0.15, 0.2) is 0 Å². The van der Waals surface area contributed by atoms with Crippen molar-refractivity contribution in [3.05, 3.63) is 10.4 Å². The van der Waals surface area contributed by atoms with Crippen LogP contribution in [0.25, 0.3) is 0 Å². The molecule has 4 heteroatoms. The van der Waals surface area contributed by atoms with Crippen LogP contribution in [-0.2, 0) is 0 Å². The van der Waals surface area contributed by atoms with Crippen molar-refractivity contribution in [1.82, 2.24) is 0 Å². The van der Waals surface area contributed by atoms with Crippen molar-refractivity contribution in [2.45, 2.75) is 51.4 Å². The number of nitrogen functional groups attached to an aromatic ring is 1. The lowest BCUT2D eigenvalue weighted by Crippen LogP contribution is -2.17. The highest BCUT2D eigenvalue weighted by atomic mass is 32.1. The van der Waals surface area contributed by atoms with Crippen molar-refractivity contribution >= 4 is 27.8 Å². The molecule has 0 aliphatic heterocycles. The molecule has 3 aliphatic rings. The number of nitrogens with one attached hydrogen (secondary N) is 1. The van der Waals surface area contributed by atoms with E-state index in [4.69, 9.17) is 5.73 Å². The van der Waals surface area contributed by atoms with Gasteiger partial charge in [0.15, 0.2) is 5.78 Å². The number of rotatable bonds is 6. The second-order valence-electron chi connectivity index (χ2n) is 6.91. The van der Waals surface area contributed by atoms with E-state index >= 15 is 0 Å². The first kappa shape index (κ1) is 12.7. The third-order valence-electron chi connectivity index (χ3n) is 5.23. The van der Waals surface area contributed by atoms with E-state index in [2.05, 4.69) is 5.32 Å². The summed E-state index contributed by atoms with van der Waals surface area (Å²) in [5, 5.41) is 4.84. The maximum atomic E-state index is 11.7. The van der Waals surface area contributed by atoms with Crippen molar-refractivity contribution in [3.8, 4) is 0 Å². The molecule has 108 valence electrons. The van der Waals surface area contributed by atoms with Crippen molar-refractivity contribution in [3.63, 3.8) is 0 Å². The number of nitrogens with two attached hydrogens (primary N) is 1. The maximum Gasteiger partial charge on any atom is 0.171 e. The standard InChI is InChI=1S/C16H22N2OS/c1-9(19)14-13(17)12(10-2-3-10)15(20-14)18-8-16(6-7-16)11-4-5-11/h10-11,18H,2-8,17H2,1H3. The topological polar surface area (TPSA) is 55.1 Å². The Morgan fingerprint density at radius 1 is 1.35 bits per heavy atom. The Kier molecular flexibility index (Phi) is 2.69. The summed E-state index contributed by atoms with van der Waals surface area (Å²) in [5.74, 6) is 1.66. The Bertz CT molecular complexity index is 565. The molecule has 0 unspecified atom stereocenters. The van der Waals surface area contributed by atoms with Gasteiger partial charge in [-0.2, -0.15) is 0 Å². The van der Waals surface area contributed by atoms with Gasteiger partial charge in [-0.3, -0.25) is 4.79 Å². The smallest absolute Gasteiger partial charge is 0.171 e. The number of ketones is 1. The van der Waals surface area contributed by atoms with Gasteiger partial charge in [-0.05, 0) is 55.8 Å². The fourth-order valence-corrected chi connectivity index (χ4v) is 4.57. The summed E-state index contributed by atoms with van der Waals surface area (Å²) in [7, 11) is 0. The molecular formula is C16H22N2OS. The number of anilines is 2. The summed E-state index contributed by atoms with van der Waals surface area (Å²) < 4.78 is 0.